The molecule has 0 amide bonds. The fourth-order valence-electron chi connectivity index (χ4n) is 4.62. The zero-order valence-electron chi connectivity index (χ0n) is 8.48. The molecule has 0 aromatic rings. The Labute approximate surface area is 84.7 Å². The topological polar surface area (TPSA) is 37.3 Å². The van der Waals surface area contributed by atoms with Crippen LogP contribution in [-0.4, -0.2) is 17.0 Å². The Balaban J connectivity index is 1.85. The van der Waals surface area contributed by atoms with Crippen LogP contribution in [0.4, 0.5) is 0 Å². The molecule has 3 saturated carbocycles. The molecule has 0 aromatic heterocycles. The Morgan fingerprint density at radius 3 is 2.93 bits per heavy atom. The van der Waals surface area contributed by atoms with Crippen molar-refractivity contribution in [2.45, 2.75) is 44.1 Å². The van der Waals surface area contributed by atoms with E-state index in [0.29, 0.717) is 12.3 Å². The minimum Gasteiger partial charge on any atom is -0.389 e. The van der Waals surface area contributed by atoms with Crippen LogP contribution in [0.5, 0.6) is 0 Å². The maximum atomic E-state index is 10.6. The molecule has 5 unspecified atom stereocenters. The fourth-order valence-corrected chi connectivity index (χ4v) is 4.62. The predicted molar refractivity (Wildman–Crippen MR) is 52.7 cm³/mol. The third-order valence-electron chi connectivity index (χ3n) is 5.05. The summed E-state index contributed by atoms with van der Waals surface area (Å²) < 4.78 is 0. The fraction of sp³-hybridized carbons (Fsp3) is 0.917. The van der Waals surface area contributed by atoms with Crippen LogP contribution < -0.4 is 0 Å². The molecule has 0 aliphatic heterocycles. The third kappa shape index (κ3) is 0.979. The van der Waals surface area contributed by atoms with E-state index in [1.165, 1.54) is 25.7 Å². The number of hydrogen-bond acceptors (Lipinski definition) is 2. The van der Waals surface area contributed by atoms with Gasteiger partial charge in [0.2, 0.25) is 0 Å². The first kappa shape index (κ1) is 8.90. The summed E-state index contributed by atoms with van der Waals surface area (Å²) in [6.45, 7) is 0. The zero-order chi connectivity index (χ0) is 9.76. The highest BCUT2D eigenvalue weighted by Gasteiger charge is 2.59. The number of aliphatic hydroxyl groups is 1. The van der Waals surface area contributed by atoms with Gasteiger partial charge >= 0.3 is 0 Å². The van der Waals surface area contributed by atoms with E-state index in [1.54, 1.807) is 0 Å². The van der Waals surface area contributed by atoms with Gasteiger partial charge in [-0.25, -0.2) is 0 Å². The van der Waals surface area contributed by atoms with Crippen LogP contribution in [-0.2, 0) is 4.79 Å². The molecule has 3 fully saturated rings. The minimum atomic E-state index is -0.613. The SMILES string of the molecule is O=CCC1(O)CC2CC1C1CCCC21. The van der Waals surface area contributed by atoms with Gasteiger partial charge in [-0.2, -0.15) is 0 Å². The van der Waals surface area contributed by atoms with Crippen molar-refractivity contribution in [3.8, 4) is 0 Å². The summed E-state index contributed by atoms with van der Waals surface area (Å²) in [7, 11) is 0. The predicted octanol–water partition coefficient (Wildman–Crippen LogP) is 1.76. The lowest BCUT2D eigenvalue weighted by atomic mass is 9.72. The van der Waals surface area contributed by atoms with E-state index >= 15 is 0 Å². The molecular formula is C12H18O2. The second kappa shape index (κ2) is 2.82. The maximum Gasteiger partial charge on any atom is 0.122 e. The van der Waals surface area contributed by atoms with Gasteiger partial charge in [-0.1, -0.05) is 6.42 Å². The van der Waals surface area contributed by atoms with Gasteiger partial charge in [0.1, 0.15) is 6.29 Å². The van der Waals surface area contributed by atoms with Crippen molar-refractivity contribution >= 4 is 6.29 Å². The first-order valence-electron chi connectivity index (χ1n) is 5.90. The smallest absolute Gasteiger partial charge is 0.122 e. The maximum absolute atomic E-state index is 10.6. The first-order valence-corrected chi connectivity index (χ1v) is 5.90. The first-order chi connectivity index (χ1) is 6.74. The molecule has 0 spiro atoms. The van der Waals surface area contributed by atoms with Crippen molar-refractivity contribution in [3.63, 3.8) is 0 Å². The van der Waals surface area contributed by atoms with Gasteiger partial charge in [0, 0.05) is 6.42 Å². The molecule has 2 bridgehead atoms. The van der Waals surface area contributed by atoms with Gasteiger partial charge in [0.05, 0.1) is 5.60 Å². The number of aldehydes is 1. The highest BCUT2D eigenvalue weighted by atomic mass is 16.3. The number of fused-ring (bicyclic) bond motifs is 5. The second-order valence-corrected chi connectivity index (χ2v) is 5.54. The largest absolute Gasteiger partial charge is 0.389 e. The average Bonchev–Trinajstić information content (AvgIpc) is 2.72. The van der Waals surface area contributed by atoms with Gasteiger partial charge in [-0.3, -0.25) is 0 Å². The second-order valence-electron chi connectivity index (χ2n) is 5.54. The molecule has 3 aliphatic carbocycles. The molecule has 3 aliphatic rings. The van der Waals surface area contributed by atoms with Crippen molar-refractivity contribution < 1.29 is 9.90 Å². The van der Waals surface area contributed by atoms with Crippen LogP contribution in [0.15, 0.2) is 0 Å². The summed E-state index contributed by atoms with van der Waals surface area (Å²) >= 11 is 0. The number of carbonyl (C=O) groups excluding carboxylic acids is 1. The normalized spacial score (nSPS) is 54.9. The van der Waals surface area contributed by atoms with E-state index in [9.17, 15) is 9.90 Å². The van der Waals surface area contributed by atoms with Crippen LogP contribution in [0.25, 0.3) is 0 Å². The molecule has 14 heavy (non-hydrogen) atoms. The van der Waals surface area contributed by atoms with Crippen LogP contribution in [0.1, 0.15) is 38.5 Å². The lowest BCUT2D eigenvalue weighted by Crippen LogP contribution is -2.41. The van der Waals surface area contributed by atoms with E-state index in [0.717, 1.165) is 30.5 Å². The monoisotopic (exact) mass is 194 g/mol. The number of carbonyl (C=O) groups is 1. The van der Waals surface area contributed by atoms with Gasteiger partial charge in [-0.15, -0.1) is 0 Å². The summed E-state index contributed by atoms with van der Waals surface area (Å²) in [5.74, 6) is 2.83. The molecule has 0 heterocycles. The van der Waals surface area contributed by atoms with E-state index in [-0.39, 0.29) is 0 Å². The molecule has 2 nitrogen and oxygen atoms in total. The minimum absolute atomic E-state index is 0.372. The van der Waals surface area contributed by atoms with E-state index in [4.69, 9.17) is 0 Å². The van der Waals surface area contributed by atoms with E-state index in [2.05, 4.69) is 0 Å². The van der Waals surface area contributed by atoms with Crippen molar-refractivity contribution in [1.82, 2.24) is 0 Å². The van der Waals surface area contributed by atoms with Crippen LogP contribution in [0, 0.1) is 23.7 Å². The van der Waals surface area contributed by atoms with E-state index in [1.807, 2.05) is 0 Å². The summed E-state index contributed by atoms with van der Waals surface area (Å²) in [6, 6.07) is 0. The molecule has 0 saturated heterocycles. The Hall–Kier alpha value is -0.370. The molecule has 2 heteroatoms. The van der Waals surface area contributed by atoms with Crippen LogP contribution in [0.2, 0.25) is 0 Å². The standard InChI is InChI=1S/C12H18O2/c13-5-4-12(14)7-8-6-11(12)10-3-1-2-9(8)10/h5,8-11,14H,1-4,6-7H2. The number of rotatable bonds is 2. The molecular weight excluding hydrogens is 176 g/mol. The molecule has 1 N–H and O–H groups in total. The van der Waals surface area contributed by atoms with Crippen LogP contribution >= 0.6 is 0 Å². The summed E-state index contributed by atoms with van der Waals surface area (Å²) in [4.78, 5) is 10.6. The van der Waals surface area contributed by atoms with Gasteiger partial charge in [0.15, 0.2) is 0 Å². The molecule has 5 atom stereocenters. The van der Waals surface area contributed by atoms with E-state index < -0.39 is 5.60 Å². The highest BCUT2D eigenvalue weighted by Crippen LogP contribution is 2.62. The summed E-state index contributed by atoms with van der Waals surface area (Å²) in [5.41, 5.74) is -0.613. The Morgan fingerprint density at radius 2 is 2.14 bits per heavy atom. The third-order valence-corrected chi connectivity index (χ3v) is 5.05. The number of hydrogen-bond donors (Lipinski definition) is 1. The van der Waals surface area contributed by atoms with Crippen molar-refractivity contribution in [2.24, 2.45) is 23.7 Å². The molecule has 78 valence electrons. The summed E-state index contributed by atoms with van der Waals surface area (Å²) in [5, 5.41) is 10.4. The Kier molecular flexibility index (Phi) is 1.79. The van der Waals surface area contributed by atoms with Crippen molar-refractivity contribution in [2.75, 3.05) is 0 Å². The average molecular weight is 194 g/mol. The van der Waals surface area contributed by atoms with Gasteiger partial charge in [-0.05, 0) is 49.4 Å². The quantitative estimate of drug-likeness (QED) is 0.680. The highest BCUT2D eigenvalue weighted by molar-refractivity contribution is 5.52. The van der Waals surface area contributed by atoms with Crippen molar-refractivity contribution in [3.05, 3.63) is 0 Å². The van der Waals surface area contributed by atoms with Crippen LogP contribution in [0.3, 0.4) is 0 Å². The molecule has 0 aromatic carbocycles. The van der Waals surface area contributed by atoms with Crippen molar-refractivity contribution in [1.29, 1.82) is 0 Å². The Morgan fingerprint density at radius 1 is 1.36 bits per heavy atom. The molecule has 0 radical (unpaired) electrons. The lowest BCUT2D eigenvalue weighted by Gasteiger charge is -2.37. The zero-order valence-corrected chi connectivity index (χ0v) is 8.48. The summed E-state index contributed by atoms with van der Waals surface area (Å²) in [6.07, 6.45) is 7.40. The Bertz CT molecular complexity index is 263. The molecule has 3 rings (SSSR count). The van der Waals surface area contributed by atoms with Gasteiger partial charge < -0.3 is 9.90 Å². The van der Waals surface area contributed by atoms with Gasteiger partial charge in [0.25, 0.3) is 0 Å². The lowest BCUT2D eigenvalue weighted by molar-refractivity contribution is -0.116.